The number of hydrogen-bond acceptors (Lipinski definition) is 9. The number of unbranched alkanes of at least 4 members (excludes halogenated alkanes) is 6. The minimum atomic E-state index is -4.03. The molecule has 4 atom stereocenters. The highest BCUT2D eigenvalue weighted by Crippen LogP contribution is 2.50. The molecular formula is C28H44O9S. The molecule has 10 heteroatoms. The fraction of sp³-hybridized carbons (Fsp3) is 0.714. The highest BCUT2D eigenvalue weighted by Gasteiger charge is 2.59. The van der Waals surface area contributed by atoms with Gasteiger partial charge >= 0.3 is 5.12 Å². The van der Waals surface area contributed by atoms with Crippen LogP contribution in [-0.4, -0.2) is 70.2 Å². The summed E-state index contributed by atoms with van der Waals surface area (Å²) in [6.45, 7) is 9.01. The molecule has 0 radical (unpaired) electrons. The first-order valence-electron chi connectivity index (χ1n) is 13.7. The number of rotatable bonds is 16. The fourth-order valence-corrected chi connectivity index (χ4v) is 5.75. The maximum Gasteiger partial charge on any atom is 0.313 e. The van der Waals surface area contributed by atoms with Crippen LogP contribution >= 0.6 is 10.6 Å². The summed E-state index contributed by atoms with van der Waals surface area (Å²) in [6.07, 6.45) is 5.30. The van der Waals surface area contributed by atoms with E-state index < -0.39 is 51.9 Å². The molecular weight excluding hydrogens is 512 g/mol. The molecule has 0 bridgehead atoms. The Morgan fingerprint density at radius 1 is 0.895 bits per heavy atom. The van der Waals surface area contributed by atoms with Crippen molar-refractivity contribution >= 4 is 21.5 Å². The van der Waals surface area contributed by atoms with Crippen molar-refractivity contribution in [1.29, 1.82) is 0 Å². The summed E-state index contributed by atoms with van der Waals surface area (Å²) in [4.78, 5) is 26.0. The maximum absolute atomic E-state index is 13.1. The van der Waals surface area contributed by atoms with Crippen molar-refractivity contribution in [3.63, 3.8) is 0 Å². The van der Waals surface area contributed by atoms with Crippen LogP contribution in [0.3, 0.4) is 0 Å². The van der Waals surface area contributed by atoms with E-state index in [0.717, 1.165) is 18.6 Å². The van der Waals surface area contributed by atoms with Crippen molar-refractivity contribution in [2.24, 2.45) is 0 Å². The van der Waals surface area contributed by atoms with Crippen LogP contribution in [0.4, 0.5) is 0 Å². The monoisotopic (exact) mass is 556 g/mol. The van der Waals surface area contributed by atoms with E-state index in [0.29, 0.717) is 19.6 Å². The van der Waals surface area contributed by atoms with E-state index in [1.165, 1.54) is 50.7 Å². The normalized spacial score (nSPS) is 24.9. The third-order valence-corrected chi connectivity index (χ3v) is 8.33. The average molecular weight is 557 g/mol. The Balaban J connectivity index is 1.47. The molecule has 1 aromatic carbocycles. The minimum absolute atomic E-state index is 0.0239. The highest BCUT2D eigenvalue weighted by atomic mass is 32.3. The molecule has 2 heterocycles. The number of benzene rings is 1. The van der Waals surface area contributed by atoms with Crippen LogP contribution in [-0.2, 0) is 33.3 Å². The molecule has 3 rings (SSSR count). The smallest absolute Gasteiger partial charge is 0.313 e. The van der Waals surface area contributed by atoms with Crippen molar-refractivity contribution < 1.29 is 42.4 Å². The van der Waals surface area contributed by atoms with E-state index in [2.05, 4.69) is 6.92 Å². The van der Waals surface area contributed by atoms with Crippen LogP contribution in [0.5, 0.6) is 0 Å². The van der Waals surface area contributed by atoms with Crippen LogP contribution in [0.2, 0.25) is 0 Å². The zero-order valence-electron chi connectivity index (χ0n) is 23.1. The van der Waals surface area contributed by atoms with E-state index in [1.54, 1.807) is 26.0 Å². The minimum Gasteiger partial charge on any atom is -0.381 e. The average Bonchev–Trinajstić information content (AvgIpc) is 3.37. The number of carbonyl (C=O) groups excluding carboxylic acids is 2. The van der Waals surface area contributed by atoms with Crippen LogP contribution < -0.4 is 0 Å². The molecule has 0 aliphatic carbocycles. The Morgan fingerprint density at radius 2 is 1.50 bits per heavy atom. The summed E-state index contributed by atoms with van der Waals surface area (Å²) < 4.78 is 50.3. The lowest BCUT2D eigenvalue weighted by atomic mass is 10.1. The number of aryl methyl sites for hydroxylation is 1. The van der Waals surface area contributed by atoms with Gasteiger partial charge in [0.2, 0.25) is 0 Å². The lowest BCUT2D eigenvalue weighted by Gasteiger charge is -2.30. The number of fused-ring (bicyclic) bond motifs is 1. The molecule has 0 saturated carbocycles. The standard InChI is InChI=1S/C28H44O9S/c1-5-6-7-8-9-10-11-17-33-18-12-19-34-27-25-24(36-28(3,4)37-25)23(35-27)22(29)26(30)38(31,32)21-15-13-20(2)14-16-21/h13-16,23-25,27,31-32H,5-12,17-19H2,1-4H3/t23-,24+,25+,27+/m1/s1. The van der Waals surface area contributed by atoms with Crippen LogP contribution in [0.1, 0.15) is 77.7 Å². The molecule has 1 aromatic rings. The lowest BCUT2D eigenvalue weighted by molar-refractivity contribution is -0.231. The predicted octanol–water partition coefficient (Wildman–Crippen LogP) is 5.62. The third-order valence-electron chi connectivity index (χ3n) is 6.69. The Bertz CT molecular complexity index is 902. The molecule has 0 amide bonds. The van der Waals surface area contributed by atoms with Crippen LogP contribution in [0.15, 0.2) is 29.2 Å². The predicted molar refractivity (Wildman–Crippen MR) is 144 cm³/mol. The van der Waals surface area contributed by atoms with Gasteiger partial charge in [-0.1, -0.05) is 63.1 Å². The number of Topliss-reactive ketones (excluding diaryl/α,β-unsaturated/α-hetero) is 1. The van der Waals surface area contributed by atoms with Crippen molar-refractivity contribution in [3.05, 3.63) is 29.8 Å². The molecule has 38 heavy (non-hydrogen) atoms. The number of hydrogen-bond donors (Lipinski definition) is 2. The van der Waals surface area contributed by atoms with E-state index in [-0.39, 0.29) is 4.90 Å². The fourth-order valence-electron chi connectivity index (χ4n) is 4.62. The van der Waals surface area contributed by atoms with Gasteiger partial charge in [-0.25, -0.2) is 0 Å². The summed E-state index contributed by atoms with van der Waals surface area (Å²) >= 11 is 0. The van der Waals surface area contributed by atoms with Gasteiger partial charge in [-0.3, -0.25) is 18.7 Å². The third kappa shape index (κ3) is 8.32. The van der Waals surface area contributed by atoms with E-state index in [9.17, 15) is 18.7 Å². The largest absolute Gasteiger partial charge is 0.381 e. The Hall–Kier alpha value is -1.37. The molecule has 9 nitrogen and oxygen atoms in total. The van der Waals surface area contributed by atoms with Gasteiger partial charge in [-0.05, 0) is 45.7 Å². The van der Waals surface area contributed by atoms with Crippen molar-refractivity contribution in [2.75, 3.05) is 19.8 Å². The topological polar surface area (TPSA) is 121 Å². The molecule has 2 aliphatic rings. The number of ether oxygens (including phenoxy) is 5. The van der Waals surface area contributed by atoms with Gasteiger partial charge in [0.15, 0.2) is 18.2 Å². The van der Waals surface area contributed by atoms with Crippen molar-refractivity contribution in [1.82, 2.24) is 0 Å². The van der Waals surface area contributed by atoms with Gasteiger partial charge in [0, 0.05) is 13.2 Å². The lowest BCUT2D eigenvalue weighted by Crippen LogP contribution is -2.40. The van der Waals surface area contributed by atoms with Crippen molar-refractivity contribution in [2.45, 2.75) is 114 Å². The highest BCUT2D eigenvalue weighted by molar-refractivity contribution is 8.38. The molecule has 2 aliphatic heterocycles. The molecule has 2 saturated heterocycles. The Morgan fingerprint density at radius 3 is 2.18 bits per heavy atom. The Labute approximate surface area is 227 Å². The molecule has 2 fully saturated rings. The van der Waals surface area contributed by atoms with E-state index in [1.807, 2.05) is 6.92 Å². The van der Waals surface area contributed by atoms with E-state index in [4.69, 9.17) is 23.7 Å². The second-order valence-corrected chi connectivity index (χ2v) is 12.4. The summed E-state index contributed by atoms with van der Waals surface area (Å²) in [5.74, 6) is -2.09. The second-order valence-electron chi connectivity index (χ2n) is 10.5. The van der Waals surface area contributed by atoms with Gasteiger partial charge in [-0.15, -0.1) is 10.6 Å². The number of ketones is 1. The van der Waals surface area contributed by atoms with Gasteiger partial charge in [0.25, 0.3) is 5.78 Å². The van der Waals surface area contributed by atoms with Crippen LogP contribution in [0.25, 0.3) is 0 Å². The zero-order chi connectivity index (χ0) is 27.8. The van der Waals surface area contributed by atoms with Crippen LogP contribution in [0, 0.1) is 6.92 Å². The first kappa shape index (κ1) is 31.2. The SMILES string of the molecule is CCCCCCCCCOCCCO[C@H]1O[C@H](C(=O)C(=O)S(O)(O)c2ccc(C)cc2)[C@@H]2OC(C)(C)O[C@H]12. The maximum atomic E-state index is 13.1. The quantitative estimate of drug-likeness (QED) is 0.197. The molecule has 216 valence electrons. The summed E-state index contributed by atoms with van der Waals surface area (Å²) in [5, 5.41) is -1.32. The van der Waals surface area contributed by atoms with Gasteiger partial charge in [-0.2, -0.15) is 0 Å². The van der Waals surface area contributed by atoms with Gasteiger partial charge in [0.05, 0.1) is 11.5 Å². The molecule has 2 N–H and O–H groups in total. The first-order valence-corrected chi connectivity index (χ1v) is 15.2. The van der Waals surface area contributed by atoms with Gasteiger partial charge in [0.1, 0.15) is 12.2 Å². The van der Waals surface area contributed by atoms with Crippen molar-refractivity contribution in [3.8, 4) is 0 Å². The van der Waals surface area contributed by atoms with Gasteiger partial charge < -0.3 is 23.7 Å². The summed E-state index contributed by atoms with van der Waals surface area (Å²) in [7, 11) is -4.03. The molecule has 0 spiro atoms. The summed E-state index contributed by atoms with van der Waals surface area (Å²) in [5.41, 5.74) is 0.881. The molecule has 0 aromatic heterocycles. The second kappa shape index (κ2) is 14.3. The summed E-state index contributed by atoms with van der Waals surface area (Å²) in [6, 6.07) is 6.13. The zero-order valence-corrected chi connectivity index (χ0v) is 23.9. The number of carbonyl (C=O) groups is 2. The first-order chi connectivity index (χ1) is 18.1. The van der Waals surface area contributed by atoms with E-state index >= 15 is 0 Å². The molecule has 0 unspecified atom stereocenters. The Kier molecular flexibility index (Phi) is 11.7.